The number of nitrogens with zero attached hydrogens (tertiary/aromatic N) is 2. The highest BCUT2D eigenvalue weighted by Crippen LogP contribution is 2.32. The number of methoxy groups -OCH3 is 1. The largest absolute Gasteiger partial charge is 0.496 e. The zero-order valence-corrected chi connectivity index (χ0v) is 19.1. The molecule has 0 atom stereocenters. The van der Waals surface area contributed by atoms with Crippen molar-refractivity contribution in [2.75, 3.05) is 23.6 Å². The van der Waals surface area contributed by atoms with Gasteiger partial charge in [-0.15, -0.1) is 11.6 Å². The van der Waals surface area contributed by atoms with Gasteiger partial charge in [-0.1, -0.05) is 12.1 Å². The third-order valence-electron chi connectivity index (χ3n) is 4.21. The Morgan fingerprint density at radius 2 is 1.97 bits per heavy atom. The maximum atomic E-state index is 12.3. The lowest BCUT2D eigenvalue weighted by Crippen LogP contribution is -2.21. The Labute approximate surface area is 201 Å². The van der Waals surface area contributed by atoms with E-state index in [1.54, 1.807) is 48.7 Å². The third-order valence-corrected chi connectivity index (χ3v) is 4.48. The van der Waals surface area contributed by atoms with Gasteiger partial charge in [-0.05, 0) is 36.2 Å². The topological polar surface area (TPSA) is 150 Å². The minimum Gasteiger partial charge on any atom is -0.496 e. The quantitative estimate of drug-likeness (QED) is 0.250. The highest BCUT2D eigenvalue weighted by Gasteiger charge is 2.11. The number of benzene rings is 2. The summed E-state index contributed by atoms with van der Waals surface area (Å²) in [7, 11) is 1.52. The maximum Gasteiger partial charge on any atom is 0.404 e. The van der Waals surface area contributed by atoms with E-state index in [0.717, 1.165) is 12.0 Å². The number of anilines is 2. The van der Waals surface area contributed by atoms with Crippen LogP contribution in [0.15, 0.2) is 59.5 Å². The van der Waals surface area contributed by atoms with Gasteiger partial charge in [0.15, 0.2) is 12.2 Å². The molecule has 11 heteroatoms. The molecule has 3 aromatic rings. The minimum atomic E-state index is -1.11. The van der Waals surface area contributed by atoms with Crippen molar-refractivity contribution in [2.45, 2.75) is 19.4 Å². The SMILES string of the molecule is COc1cc(NC(=O)Nc2cccc(CNC(=O)O)c2)ccc1-c1cnco1.N#CCCCCl. The van der Waals surface area contributed by atoms with E-state index in [1.807, 2.05) is 6.07 Å². The summed E-state index contributed by atoms with van der Waals surface area (Å²) in [4.78, 5) is 26.7. The molecule has 0 fully saturated rings. The fourth-order valence-electron chi connectivity index (χ4n) is 2.70. The fraction of sp³-hybridized carbons (Fsp3) is 0.217. The van der Waals surface area contributed by atoms with Crippen LogP contribution in [0.3, 0.4) is 0 Å². The van der Waals surface area contributed by atoms with Crippen LogP contribution in [0.5, 0.6) is 5.75 Å². The number of alkyl halides is 1. The van der Waals surface area contributed by atoms with Gasteiger partial charge in [-0.3, -0.25) is 0 Å². The number of urea groups is 1. The van der Waals surface area contributed by atoms with Crippen molar-refractivity contribution in [3.05, 3.63) is 60.6 Å². The van der Waals surface area contributed by atoms with Crippen LogP contribution in [0.1, 0.15) is 18.4 Å². The van der Waals surface area contributed by atoms with Crippen molar-refractivity contribution in [2.24, 2.45) is 0 Å². The number of halogens is 1. The lowest BCUT2D eigenvalue weighted by molar-refractivity contribution is 0.194. The number of amides is 3. The lowest BCUT2D eigenvalue weighted by Gasteiger charge is -2.11. The van der Waals surface area contributed by atoms with Crippen LogP contribution >= 0.6 is 11.6 Å². The Morgan fingerprint density at radius 1 is 1.21 bits per heavy atom. The molecule has 0 spiro atoms. The van der Waals surface area contributed by atoms with E-state index >= 15 is 0 Å². The van der Waals surface area contributed by atoms with Crippen molar-refractivity contribution in [1.82, 2.24) is 10.3 Å². The van der Waals surface area contributed by atoms with Crippen LogP contribution in [-0.4, -0.2) is 35.2 Å². The molecule has 0 bridgehead atoms. The standard InChI is InChI=1S/C19H18N4O5.C4H6ClN/c1-27-16-8-14(5-6-15(16)17-10-20-11-28-17)23-18(24)22-13-4-2-3-12(7-13)9-21-19(25)26;5-3-1-2-4-6/h2-8,10-11,21H,9H2,1H3,(H,25,26)(H2,22,23,24);1-3H2. The first kappa shape index (κ1) is 26.0. The number of carbonyl (C=O) groups is 2. The summed E-state index contributed by atoms with van der Waals surface area (Å²) in [6.45, 7) is 0.146. The first-order chi connectivity index (χ1) is 16.5. The van der Waals surface area contributed by atoms with E-state index in [9.17, 15) is 9.59 Å². The van der Waals surface area contributed by atoms with E-state index in [2.05, 4.69) is 20.9 Å². The summed E-state index contributed by atoms with van der Waals surface area (Å²) in [5, 5.41) is 24.3. The summed E-state index contributed by atoms with van der Waals surface area (Å²) < 4.78 is 10.6. The van der Waals surface area contributed by atoms with Crippen LogP contribution in [-0.2, 0) is 6.54 Å². The average Bonchev–Trinajstić information content (AvgIpc) is 3.36. The predicted molar refractivity (Wildman–Crippen MR) is 128 cm³/mol. The molecule has 0 aliphatic carbocycles. The molecule has 10 nitrogen and oxygen atoms in total. The first-order valence-electron chi connectivity index (χ1n) is 10.1. The molecular formula is C23H24ClN5O5. The number of nitriles is 1. The van der Waals surface area contributed by atoms with Gasteiger partial charge in [0.25, 0.3) is 0 Å². The number of carbonyl (C=O) groups excluding carboxylic acids is 1. The molecule has 3 rings (SSSR count). The van der Waals surface area contributed by atoms with Gasteiger partial charge in [0.2, 0.25) is 0 Å². The van der Waals surface area contributed by atoms with E-state index in [1.165, 1.54) is 13.5 Å². The van der Waals surface area contributed by atoms with E-state index in [4.69, 9.17) is 31.1 Å². The molecule has 0 aliphatic rings. The average molecular weight is 486 g/mol. The minimum absolute atomic E-state index is 0.146. The number of nitrogens with one attached hydrogen (secondary N) is 3. The molecule has 2 aromatic carbocycles. The molecule has 178 valence electrons. The van der Waals surface area contributed by atoms with Gasteiger partial charge >= 0.3 is 12.1 Å². The summed E-state index contributed by atoms with van der Waals surface area (Å²) in [5.41, 5.74) is 2.50. The monoisotopic (exact) mass is 485 g/mol. The smallest absolute Gasteiger partial charge is 0.404 e. The second kappa shape index (κ2) is 14.0. The van der Waals surface area contributed by atoms with E-state index in [0.29, 0.717) is 40.7 Å². The molecule has 0 saturated heterocycles. The van der Waals surface area contributed by atoms with Gasteiger partial charge < -0.3 is 30.2 Å². The predicted octanol–water partition coefficient (Wildman–Crippen LogP) is 5.29. The van der Waals surface area contributed by atoms with Gasteiger partial charge in [0, 0.05) is 36.3 Å². The van der Waals surface area contributed by atoms with Crippen LogP contribution in [0.2, 0.25) is 0 Å². The van der Waals surface area contributed by atoms with Crippen molar-refractivity contribution >= 4 is 35.1 Å². The Hall–Kier alpha value is -4.23. The van der Waals surface area contributed by atoms with Crippen LogP contribution in [0, 0.1) is 11.3 Å². The molecule has 0 unspecified atom stereocenters. The van der Waals surface area contributed by atoms with Crippen molar-refractivity contribution < 1.29 is 23.8 Å². The molecule has 0 saturated carbocycles. The zero-order chi connectivity index (χ0) is 24.8. The molecular weight excluding hydrogens is 462 g/mol. The molecule has 1 aromatic heterocycles. The molecule has 34 heavy (non-hydrogen) atoms. The normalized spacial score (nSPS) is 9.68. The molecule has 4 N–H and O–H groups in total. The third kappa shape index (κ3) is 8.72. The van der Waals surface area contributed by atoms with Gasteiger partial charge in [0.05, 0.1) is 24.9 Å². The van der Waals surface area contributed by atoms with Crippen LogP contribution < -0.4 is 20.7 Å². The number of hydrogen-bond donors (Lipinski definition) is 4. The number of ether oxygens (including phenoxy) is 1. The van der Waals surface area contributed by atoms with E-state index in [-0.39, 0.29) is 6.54 Å². The summed E-state index contributed by atoms with van der Waals surface area (Å²) in [6, 6.07) is 13.6. The second-order valence-electron chi connectivity index (χ2n) is 6.67. The number of aromatic nitrogens is 1. The lowest BCUT2D eigenvalue weighted by atomic mass is 10.1. The number of carboxylic acid groups (broad SMARTS) is 1. The maximum absolute atomic E-state index is 12.3. The summed E-state index contributed by atoms with van der Waals surface area (Å²) in [5.74, 6) is 1.68. The van der Waals surface area contributed by atoms with E-state index < -0.39 is 12.1 Å². The zero-order valence-electron chi connectivity index (χ0n) is 18.4. The first-order valence-corrected chi connectivity index (χ1v) is 10.6. The van der Waals surface area contributed by atoms with Crippen molar-refractivity contribution in [3.8, 4) is 23.1 Å². The molecule has 0 aliphatic heterocycles. The van der Waals surface area contributed by atoms with Crippen molar-refractivity contribution in [3.63, 3.8) is 0 Å². The van der Waals surface area contributed by atoms with Crippen molar-refractivity contribution in [1.29, 1.82) is 5.26 Å². The van der Waals surface area contributed by atoms with Crippen LogP contribution in [0.4, 0.5) is 21.0 Å². The Balaban J connectivity index is 0.000000604. The Morgan fingerprint density at radius 3 is 2.56 bits per heavy atom. The number of rotatable bonds is 8. The molecule has 1 heterocycles. The van der Waals surface area contributed by atoms with Gasteiger partial charge in [-0.2, -0.15) is 5.26 Å². The van der Waals surface area contributed by atoms with Crippen LogP contribution in [0.25, 0.3) is 11.3 Å². The number of unbranched alkanes of at least 4 members (excludes halogenated alkanes) is 1. The fourth-order valence-corrected chi connectivity index (χ4v) is 2.83. The highest BCUT2D eigenvalue weighted by molar-refractivity contribution is 6.17. The molecule has 3 amide bonds. The Bertz CT molecular complexity index is 1120. The number of oxazole rings is 1. The highest BCUT2D eigenvalue weighted by atomic mass is 35.5. The summed E-state index contributed by atoms with van der Waals surface area (Å²) in [6.07, 6.45) is 3.19. The van der Waals surface area contributed by atoms with Gasteiger partial charge in [0.1, 0.15) is 5.75 Å². The Kier molecular flexibility index (Phi) is 10.7. The van der Waals surface area contributed by atoms with Gasteiger partial charge in [-0.25, -0.2) is 14.6 Å². The second-order valence-corrected chi connectivity index (χ2v) is 7.05. The number of hydrogen-bond acceptors (Lipinski definition) is 6. The summed E-state index contributed by atoms with van der Waals surface area (Å²) >= 11 is 5.23. The molecule has 0 radical (unpaired) electrons.